The van der Waals surface area contributed by atoms with E-state index in [1.165, 1.54) is 18.4 Å². The highest BCUT2D eigenvalue weighted by atomic mass is 16.3. The van der Waals surface area contributed by atoms with E-state index >= 15 is 0 Å². The van der Waals surface area contributed by atoms with Crippen molar-refractivity contribution in [3.63, 3.8) is 0 Å². The standard InChI is InChI=1S/C21H27NO2.C8H11NO/c1-16(21(24)19-7-9-20(23)10-8-19)22-13-11-18(12-14-22)15-17-5-3-2-4-6-17;9-6-8(10)7-4-2-1-3-5-7/h2-10,16,18,21,23-24H,11-15H2,1H3;1-5,8,10H,6,9H2. The first-order chi connectivity index (χ1) is 16.5. The summed E-state index contributed by atoms with van der Waals surface area (Å²) in [6.07, 6.45) is 2.49. The molecule has 3 unspecified atom stereocenters. The van der Waals surface area contributed by atoms with Crippen LogP contribution in [0.5, 0.6) is 5.75 Å². The van der Waals surface area contributed by atoms with Gasteiger partial charge in [0, 0.05) is 12.6 Å². The van der Waals surface area contributed by atoms with Gasteiger partial charge in [0.25, 0.3) is 0 Å². The van der Waals surface area contributed by atoms with Gasteiger partial charge in [-0.2, -0.15) is 0 Å². The van der Waals surface area contributed by atoms with Crippen LogP contribution >= 0.6 is 0 Å². The summed E-state index contributed by atoms with van der Waals surface area (Å²) in [6.45, 7) is 4.45. The van der Waals surface area contributed by atoms with E-state index in [2.05, 4.69) is 42.2 Å². The lowest BCUT2D eigenvalue weighted by Crippen LogP contribution is -2.43. The Morgan fingerprint density at radius 2 is 1.38 bits per heavy atom. The summed E-state index contributed by atoms with van der Waals surface area (Å²) in [5, 5.41) is 29.2. The quantitative estimate of drug-likeness (QED) is 0.417. The zero-order valence-electron chi connectivity index (χ0n) is 20.0. The highest BCUT2D eigenvalue weighted by Gasteiger charge is 2.27. The van der Waals surface area contributed by atoms with E-state index in [0.29, 0.717) is 0 Å². The van der Waals surface area contributed by atoms with Crippen LogP contribution in [-0.4, -0.2) is 45.9 Å². The molecule has 1 aliphatic rings. The van der Waals surface area contributed by atoms with Crippen molar-refractivity contribution in [2.75, 3.05) is 19.6 Å². The Balaban J connectivity index is 0.000000271. The molecule has 0 saturated carbocycles. The number of aliphatic hydroxyl groups excluding tert-OH is 2. The maximum atomic E-state index is 10.6. The Bertz CT molecular complexity index is 942. The summed E-state index contributed by atoms with van der Waals surface area (Å²) in [5.74, 6) is 0.974. The van der Waals surface area contributed by atoms with Gasteiger partial charge in [-0.05, 0) is 74.0 Å². The number of hydrogen-bond donors (Lipinski definition) is 4. The van der Waals surface area contributed by atoms with E-state index in [9.17, 15) is 15.3 Å². The molecule has 1 saturated heterocycles. The fourth-order valence-electron chi connectivity index (χ4n) is 4.47. The zero-order valence-corrected chi connectivity index (χ0v) is 20.0. The summed E-state index contributed by atoms with van der Waals surface area (Å²) in [4.78, 5) is 2.39. The molecule has 5 N–H and O–H groups in total. The van der Waals surface area contributed by atoms with Crippen LogP contribution in [0.3, 0.4) is 0 Å². The monoisotopic (exact) mass is 462 g/mol. The van der Waals surface area contributed by atoms with Crippen molar-refractivity contribution in [3.05, 3.63) is 102 Å². The Hall–Kier alpha value is -2.70. The Labute approximate surface area is 203 Å². The van der Waals surface area contributed by atoms with Crippen molar-refractivity contribution in [2.24, 2.45) is 11.7 Å². The van der Waals surface area contributed by atoms with Gasteiger partial charge in [-0.15, -0.1) is 0 Å². The van der Waals surface area contributed by atoms with E-state index in [-0.39, 0.29) is 18.3 Å². The Morgan fingerprint density at radius 3 is 1.94 bits per heavy atom. The summed E-state index contributed by atoms with van der Waals surface area (Å²) in [6, 6.07) is 27.1. The predicted octanol–water partition coefficient (Wildman–Crippen LogP) is 4.45. The topological polar surface area (TPSA) is 90.0 Å². The Kier molecular flexibility index (Phi) is 10.1. The molecule has 1 heterocycles. The molecule has 0 aromatic heterocycles. The number of aromatic hydroxyl groups is 1. The first-order valence-electron chi connectivity index (χ1n) is 12.2. The lowest BCUT2D eigenvalue weighted by atomic mass is 9.89. The third kappa shape index (κ3) is 7.67. The molecule has 0 radical (unpaired) electrons. The van der Waals surface area contributed by atoms with Crippen molar-refractivity contribution >= 4 is 0 Å². The highest BCUT2D eigenvalue weighted by molar-refractivity contribution is 5.28. The lowest BCUT2D eigenvalue weighted by Gasteiger charge is -2.38. The number of phenolic OH excluding ortho intramolecular Hbond substituents is 1. The highest BCUT2D eigenvalue weighted by Crippen LogP contribution is 2.28. The molecule has 0 aliphatic carbocycles. The molecule has 34 heavy (non-hydrogen) atoms. The van der Waals surface area contributed by atoms with Gasteiger partial charge in [0.2, 0.25) is 0 Å². The van der Waals surface area contributed by atoms with Crippen LogP contribution < -0.4 is 5.73 Å². The average molecular weight is 463 g/mol. The van der Waals surface area contributed by atoms with Crippen molar-refractivity contribution in [2.45, 2.75) is 44.4 Å². The third-order valence-electron chi connectivity index (χ3n) is 6.69. The second kappa shape index (κ2) is 13.3. The van der Waals surface area contributed by atoms with Gasteiger partial charge < -0.3 is 21.1 Å². The minimum absolute atomic E-state index is 0.0900. The number of nitrogens with two attached hydrogens (primary N) is 1. The molecular formula is C29H38N2O3. The van der Waals surface area contributed by atoms with Crippen molar-refractivity contribution < 1.29 is 15.3 Å². The normalized spacial score (nSPS) is 17.3. The first kappa shape index (κ1) is 25.9. The van der Waals surface area contributed by atoms with Crippen LogP contribution in [0.1, 0.15) is 48.7 Å². The largest absolute Gasteiger partial charge is 0.508 e. The first-order valence-corrected chi connectivity index (χ1v) is 12.2. The number of hydrogen-bond acceptors (Lipinski definition) is 5. The maximum absolute atomic E-state index is 10.6. The van der Waals surface area contributed by atoms with Crippen LogP contribution in [0.4, 0.5) is 0 Å². The molecule has 5 heteroatoms. The second-order valence-corrected chi connectivity index (χ2v) is 9.11. The van der Waals surface area contributed by atoms with E-state index in [4.69, 9.17) is 5.73 Å². The number of piperidine rings is 1. The van der Waals surface area contributed by atoms with Gasteiger partial charge in [-0.1, -0.05) is 72.8 Å². The average Bonchev–Trinajstić information content (AvgIpc) is 2.90. The van der Waals surface area contributed by atoms with E-state index in [1.807, 2.05) is 30.3 Å². The molecule has 1 fully saturated rings. The van der Waals surface area contributed by atoms with Gasteiger partial charge >= 0.3 is 0 Å². The number of aliphatic hydroxyl groups is 2. The third-order valence-corrected chi connectivity index (χ3v) is 6.69. The smallest absolute Gasteiger partial charge is 0.115 e. The van der Waals surface area contributed by atoms with Gasteiger partial charge in [-0.25, -0.2) is 0 Å². The molecule has 5 nitrogen and oxygen atoms in total. The molecule has 3 aromatic carbocycles. The minimum atomic E-state index is -0.517. The lowest BCUT2D eigenvalue weighted by molar-refractivity contribution is 0.0373. The fraction of sp³-hybridized carbons (Fsp3) is 0.379. The molecule has 0 bridgehead atoms. The van der Waals surface area contributed by atoms with E-state index < -0.39 is 12.2 Å². The van der Waals surface area contributed by atoms with Crippen LogP contribution in [-0.2, 0) is 6.42 Å². The van der Waals surface area contributed by atoms with Crippen LogP contribution in [0.2, 0.25) is 0 Å². The van der Waals surface area contributed by atoms with Crippen LogP contribution in [0, 0.1) is 5.92 Å². The van der Waals surface area contributed by atoms with Gasteiger partial charge in [0.1, 0.15) is 5.75 Å². The summed E-state index contributed by atoms with van der Waals surface area (Å²) >= 11 is 0. The molecule has 4 rings (SSSR count). The molecule has 0 spiro atoms. The van der Waals surface area contributed by atoms with Crippen molar-refractivity contribution in [1.82, 2.24) is 4.90 Å². The van der Waals surface area contributed by atoms with Gasteiger partial charge in [0.05, 0.1) is 12.2 Å². The molecule has 3 atom stereocenters. The number of nitrogens with zero attached hydrogens (tertiary/aromatic N) is 1. The summed E-state index contributed by atoms with van der Waals surface area (Å²) in [7, 11) is 0. The fourth-order valence-corrected chi connectivity index (χ4v) is 4.47. The van der Waals surface area contributed by atoms with Crippen molar-refractivity contribution in [1.29, 1.82) is 0 Å². The predicted molar refractivity (Wildman–Crippen MR) is 137 cm³/mol. The van der Waals surface area contributed by atoms with Gasteiger partial charge in [-0.3, -0.25) is 4.90 Å². The minimum Gasteiger partial charge on any atom is -0.508 e. The Morgan fingerprint density at radius 1 is 0.824 bits per heavy atom. The molecule has 3 aromatic rings. The number of rotatable bonds is 7. The maximum Gasteiger partial charge on any atom is 0.115 e. The molecular weight excluding hydrogens is 424 g/mol. The number of benzene rings is 3. The zero-order chi connectivity index (χ0) is 24.3. The van der Waals surface area contributed by atoms with Crippen LogP contribution in [0.25, 0.3) is 0 Å². The summed E-state index contributed by atoms with van der Waals surface area (Å²) in [5.41, 5.74) is 8.43. The number of likely N-dealkylation sites (tertiary alicyclic amines) is 1. The SMILES string of the molecule is CC(C(O)c1ccc(O)cc1)N1CCC(Cc2ccccc2)CC1.NCC(O)c1ccccc1. The molecule has 182 valence electrons. The second-order valence-electron chi connectivity index (χ2n) is 9.11. The van der Waals surface area contributed by atoms with E-state index in [1.54, 1.807) is 24.3 Å². The van der Waals surface area contributed by atoms with E-state index in [0.717, 1.165) is 36.6 Å². The number of phenols is 1. The summed E-state index contributed by atoms with van der Waals surface area (Å²) < 4.78 is 0. The van der Waals surface area contributed by atoms with Crippen LogP contribution in [0.15, 0.2) is 84.9 Å². The van der Waals surface area contributed by atoms with Gasteiger partial charge in [0.15, 0.2) is 0 Å². The molecule has 0 amide bonds. The molecule has 1 aliphatic heterocycles. The van der Waals surface area contributed by atoms with Crippen molar-refractivity contribution in [3.8, 4) is 5.75 Å².